The predicted octanol–water partition coefficient (Wildman–Crippen LogP) is 2.53. The van der Waals surface area contributed by atoms with E-state index >= 15 is 0 Å². The Morgan fingerprint density at radius 2 is 2.25 bits per heavy atom. The van der Waals surface area contributed by atoms with Crippen LogP contribution in [-0.2, 0) is 11.3 Å². The zero-order chi connectivity index (χ0) is 8.55. The Bertz CT molecular complexity index is 338. The maximum Gasteiger partial charge on any atom is 0.358 e. The molecule has 12 heavy (non-hydrogen) atoms. The van der Waals surface area contributed by atoms with E-state index in [2.05, 4.69) is 0 Å². The Balaban J connectivity index is 2.44. The van der Waals surface area contributed by atoms with Crippen LogP contribution in [0.4, 0.5) is 0 Å². The van der Waals surface area contributed by atoms with Crippen molar-refractivity contribution in [3.8, 4) is 5.75 Å². The molecule has 0 fully saturated rings. The molecule has 62 valence electrons. The summed E-state index contributed by atoms with van der Waals surface area (Å²) in [6.07, 6.45) is 0. The lowest BCUT2D eigenvalue weighted by Crippen LogP contribution is -2.16. The third-order valence-electron chi connectivity index (χ3n) is 1.57. The molecule has 1 aliphatic heterocycles. The van der Waals surface area contributed by atoms with Gasteiger partial charge in [0, 0.05) is 22.8 Å². The summed E-state index contributed by atoms with van der Waals surface area (Å²) in [5.41, 5.74) is 0.966. The quantitative estimate of drug-likeness (QED) is 0.600. The summed E-state index contributed by atoms with van der Waals surface area (Å²) in [6.45, 7) is 0.464. The van der Waals surface area contributed by atoms with Crippen LogP contribution in [0.3, 0.4) is 0 Å². The van der Waals surface area contributed by atoms with Gasteiger partial charge in [0.25, 0.3) is 0 Å². The molecular formula is C8H5ClO2S. The van der Waals surface area contributed by atoms with E-state index in [-0.39, 0.29) is 5.24 Å². The number of hydrogen-bond acceptors (Lipinski definition) is 3. The van der Waals surface area contributed by atoms with Crippen molar-refractivity contribution in [1.82, 2.24) is 0 Å². The van der Waals surface area contributed by atoms with Crippen molar-refractivity contribution < 1.29 is 9.47 Å². The average Bonchev–Trinajstić information content (AvgIpc) is 2.03. The van der Waals surface area contributed by atoms with E-state index < -0.39 is 0 Å². The Kier molecular flexibility index (Phi) is 1.90. The van der Waals surface area contributed by atoms with E-state index in [1.807, 2.05) is 6.07 Å². The second kappa shape index (κ2) is 2.92. The summed E-state index contributed by atoms with van der Waals surface area (Å²) in [7, 11) is 0. The zero-order valence-corrected chi connectivity index (χ0v) is 7.61. The van der Waals surface area contributed by atoms with E-state index in [1.165, 1.54) is 0 Å². The zero-order valence-electron chi connectivity index (χ0n) is 6.04. The van der Waals surface area contributed by atoms with E-state index in [0.717, 1.165) is 5.56 Å². The minimum absolute atomic E-state index is 0.157. The van der Waals surface area contributed by atoms with Gasteiger partial charge in [0.1, 0.15) is 12.4 Å². The third kappa shape index (κ3) is 1.38. The van der Waals surface area contributed by atoms with Crippen molar-refractivity contribution in [2.45, 2.75) is 6.61 Å². The lowest BCUT2D eigenvalue weighted by atomic mass is 10.2. The number of hydrogen-bond donors (Lipinski definition) is 0. The monoisotopic (exact) mass is 200 g/mol. The molecule has 0 spiro atoms. The van der Waals surface area contributed by atoms with Crippen LogP contribution in [0.1, 0.15) is 5.56 Å². The maximum absolute atomic E-state index is 5.76. The van der Waals surface area contributed by atoms with E-state index in [1.54, 1.807) is 12.1 Å². The Morgan fingerprint density at radius 3 is 3.08 bits per heavy atom. The van der Waals surface area contributed by atoms with Crippen LogP contribution < -0.4 is 4.74 Å². The Labute approximate surface area is 80.0 Å². The first-order valence-electron chi connectivity index (χ1n) is 3.39. The Morgan fingerprint density at radius 1 is 1.42 bits per heavy atom. The summed E-state index contributed by atoms with van der Waals surface area (Å²) in [5.74, 6) is 0.693. The third-order valence-corrected chi connectivity index (χ3v) is 2.00. The average molecular weight is 201 g/mol. The summed E-state index contributed by atoms with van der Waals surface area (Å²) in [5, 5.41) is 0.795. The fourth-order valence-electron chi connectivity index (χ4n) is 0.999. The van der Waals surface area contributed by atoms with E-state index in [0.29, 0.717) is 17.4 Å². The fraction of sp³-hybridized carbons (Fsp3) is 0.125. The Hall–Kier alpha value is -0.800. The number of benzene rings is 1. The van der Waals surface area contributed by atoms with Crippen LogP contribution in [0.2, 0.25) is 5.02 Å². The van der Waals surface area contributed by atoms with Crippen molar-refractivity contribution in [3.63, 3.8) is 0 Å². The standard InChI is InChI=1S/C8H5ClO2S/c9-6-2-1-5-4-10-8(12)11-7(5)3-6/h1-3H,4H2. The molecular weight excluding hydrogens is 196 g/mol. The molecule has 1 aromatic carbocycles. The van der Waals surface area contributed by atoms with Crippen LogP contribution in [0.15, 0.2) is 18.2 Å². The molecule has 0 saturated heterocycles. The van der Waals surface area contributed by atoms with Gasteiger partial charge in [-0.2, -0.15) is 0 Å². The van der Waals surface area contributed by atoms with Gasteiger partial charge >= 0.3 is 5.24 Å². The second-order valence-electron chi connectivity index (χ2n) is 2.39. The van der Waals surface area contributed by atoms with Crippen molar-refractivity contribution in [1.29, 1.82) is 0 Å². The second-order valence-corrected chi connectivity index (χ2v) is 3.16. The minimum atomic E-state index is 0.157. The highest BCUT2D eigenvalue weighted by atomic mass is 35.5. The van der Waals surface area contributed by atoms with Gasteiger partial charge in [0.15, 0.2) is 0 Å². The van der Waals surface area contributed by atoms with Crippen LogP contribution in [0, 0.1) is 0 Å². The summed E-state index contributed by atoms with van der Waals surface area (Å²) < 4.78 is 10.1. The predicted molar refractivity (Wildman–Crippen MR) is 49.5 cm³/mol. The van der Waals surface area contributed by atoms with Crippen molar-refractivity contribution in [3.05, 3.63) is 28.8 Å². The SMILES string of the molecule is S=C1OCc2ccc(Cl)cc2O1. The highest BCUT2D eigenvalue weighted by Crippen LogP contribution is 2.27. The molecule has 0 aliphatic carbocycles. The van der Waals surface area contributed by atoms with Gasteiger partial charge in [0.05, 0.1) is 0 Å². The van der Waals surface area contributed by atoms with Gasteiger partial charge in [-0.15, -0.1) is 0 Å². The van der Waals surface area contributed by atoms with Gasteiger partial charge < -0.3 is 9.47 Å². The molecule has 1 aromatic rings. The molecule has 0 radical (unpaired) electrons. The molecule has 1 aliphatic rings. The van der Waals surface area contributed by atoms with Crippen LogP contribution in [-0.4, -0.2) is 5.24 Å². The minimum Gasteiger partial charge on any atom is -0.452 e. The first-order chi connectivity index (χ1) is 5.75. The molecule has 0 N–H and O–H groups in total. The molecule has 2 nitrogen and oxygen atoms in total. The smallest absolute Gasteiger partial charge is 0.358 e. The summed E-state index contributed by atoms with van der Waals surface area (Å²) in [4.78, 5) is 0. The van der Waals surface area contributed by atoms with Gasteiger partial charge in [-0.1, -0.05) is 17.7 Å². The molecule has 1 heterocycles. The summed E-state index contributed by atoms with van der Waals surface area (Å²) in [6, 6.07) is 5.38. The van der Waals surface area contributed by atoms with Gasteiger partial charge in [-0.3, -0.25) is 0 Å². The topological polar surface area (TPSA) is 18.5 Å². The number of halogens is 1. The first-order valence-corrected chi connectivity index (χ1v) is 4.17. The maximum atomic E-state index is 5.76. The largest absolute Gasteiger partial charge is 0.452 e. The van der Waals surface area contributed by atoms with Crippen molar-refractivity contribution in [2.75, 3.05) is 0 Å². The molecule has 2 rings (SSSR count). The van der Waals surface area contributed by atoms with Gasteiger partial charge in [-0.05, 0) is 12.1 Å². The normalized spacial score (nSPS) is 14.6. The molecule has 0 amide bonds. The van der Waals surface area contributed by atoms with Crippen molar-refractivity contribution in [2.24, 2.45) is 0 Å². The van der Waals surface area contributed by atoms with Crippen LogP contribution >= 0.6 is 23.8 Å². The summed E-state index contributed by atoms with van der Waals surface area (Å²) >= 11 is 10.5. The number of fused-ring (bicyclic) bond motifs is 1. The highest BCUT2D eigenvalue weighted by Gasteiger charge is 2.14. The lowest BCUT2D eigenvalue weighted by molar-refractivity contribution is 0.210. The lowest BCUT2D eigenvalue weighted by Gasteiger charge is -2.17. The van der Waals surface area contributed by atoms with Gasteiger partial charge in [-0.25, -0.2) is 0 Å². The number of thiocarbonyl (C=S) groups is 1. The first kappa shape index (κ1) is 7.83. The molecule has 0 saturated carbocycles. The fourth-order valence-corrected chi connectivity index (χ4v) is 1.31. The number of ether oxygens (including phenoxy) is 2. The number of rotatable bonds is 0. The van der Waals surface area contributed by atoms with E-state index in [4.69, 9.17) is 33.3 Å². The molecule has 4 heteroatoms. The highest BCUT2D eigenvalue weighted by molar-refractivity contribution is 7.79. The van der Waals surface area contributed by atoms with Gasteiger partial charge in [0.2, 0.25) is 0 Å². The molecule has 0 bridgehead atoms. The van der Waals surface area contributed by atoms with Crippen molar-refractivity contribution >= 4 is 29.1 Å². The van der Waals surface area contributed by atoms with Crippen LogP contribution in [0.25, 0.3) is 0 Å². The molecule has 0 aromatic heterocycles. The van der Waals surface area contributed by atoms with E-state index in [9.17, 15) is 0 Å². The van der Waals surface area contributed by atoms with Crippen LogP contribution in [0.5, 0.6) is 5.75 Å². The molecule has 0 atom stereocenters. The molecule has 0 unspecified atom stereocenters.